The summed E-state index contributed by atoms with van der Waals surface area (Å²) >= 11 is 0. The summed E-state index contributed by atoms with van der Waals surface area (Å²) in [5, 5.41) is 96.9. The molecule has 1 heterocycles. The van der Waals surface area contributed by atoms with Gasteiger partial charge in [0.2, 0.25) is 6.29 Å². The van der Waals surface area contributed by atoms with E-state index in [1.54, 1.807) is 6.92 Å². The van der Waals surface area contributed by atoms with E-state index < -0.39 is 83.9 Å². The lowest BCUT2D eigenvalue weighted by Gasteiger charge is -2.63. The van der Waals surface area contributed by atoms with Gasteiger partial charge in [-0.05, 0) is 104 Å². The van der Waals surface area contributed by atoms with Crippen LogP contribution in [0.2, 0.25) is 0 Å². The normalized spacial score (nSPS) is 53.8. The van der Waals surface area contributed by atoms with Crippen molar-refractivity contribution in [2.75, 3.05) is 13.2 Å². The number of aliphatic hydroxyl groups excluding tert-OH is 8. The van der Waals surface area contributed by atoms with E-state index in [0.29, 0.717) is 32.1 Å². The number of carbonyl (C=O) groups excluding carboxylic acids is 1. The van der Waals surface area contributed by atoms with Crippen LogP contribution in [0.1, 0.15) is 99.3 Å². The van der Waals surface area contributed by atoms with Crippen LogP contribution in [0, 0.1) is 56.7 Å². The van der Waals surface area contributed by atoms with E-state index in [-0.39, 0.29) is 52.9 Å². The maximum Gasteiger partial charge on any atom is 0.317 e. The molecule has 282 valence electrons. The predicted octanol–water partition coefficient (Wildman–Crippen LogP) is 0.847. The van der Waals surface area contributed by atoms with E-state index in [1.165, 1.54) is 0 Å². The number of hydrogen-bond acceptors (Lipinski definition) is 12. The minimum atomic E-state index is -1.77. The number of carbonyl (C=O) groups is 1. The number of rotatable bonds is 9. The van der Waals surface area contributed by atoms with Crippen LogP contribution in [-0.4, -0.2) is 120 Å². The number of fused-ring (bicyclic) bond motifs is 2. The first-order valence-corrected chi connectivity index (χ1v) is 18.6. The Morgan fingerprint density at radius 2 is 1.55 bits per heavy atom. The molecule has 0 bridgehead atoms. The van der Waals surface area contributed by atoms with Gasteiger partial charge in [0, 0.05) is 11.8 Å². The van der Waals surface area contributed by atoms with Gasteiger partial charge in [0.25, 0.3) is 0 Å². The standard InChI is InChI=1S/C37H62O12/c1-18(2)36(47,17-39)10-9-19(3)26-20(40)14-33(5)22-7-8-23-34(6,31(46)49-30-29(45)28(44)27(43)21(15-38)48-30)24(41)13-25(42)37(23)16-35(22,37)12-11-32(26,33)4/h18-30,38-45,47H,7-17H2,1-6H3. The second-order valence-corrected chi connectivity index (χ2v) is 18.3. The van der Waals surface area contributed by atoms with Gasteiger partial charge in [-0.3, -0.25) is 4.79 Å². The third-order valence-corrected chi connectivity index (χ3v) is 16.4. The average Bonchev–Trinajstić information content (AvgIpc) is 3.69. The first kappa shape index (κ1) is 37.8. The van der Waals surface area contributed by atoms with Crippen LogP contribution in [0.15, 0.2) is 0 Å². The molecule has 0 amide bonds. The fourth-order valence-electron chi connectivity index (χ4n) is 13.1. The topological polar surface area (TPSA) is 218 Å². The molecule has 0 aromatic heterocycles. The van der Waals surface area contributed by atoms with Crippen molar-refractivity contribution in [3.8, 4) is 0 Å². The summed E-state index contributed by atoms with van der Waals surface area (Å²) < 4.78 is 11.2. The van der Waals surface area contributed by atoms with Crippen molar-refractivity contribution >= 4 is 5.97 Å². The molecule has 2 spiro atoms. The lowest BCUT2D eigenvalue weighted by molar-refractivity contribution is -0.300. The first-order chi connectivity index (χ1) is 22.8. The second-order valence-electron chi connectivity index (χ2n) is 18.3. The molecule has 12 nitrogen and oxygen atoms in total. The molecule has 6 fully saturated rings. The highest BCUT2D eigenvalue weighted by Gasteiger charge is 2.86. The van der Waals surface area contributed by atoms with Gasteiger partial charge in [0.1, 0.15) is 24.4 Å². The van der Waals surface area contributed by atoms with Crippen molar-refractivity contribution in [1.82, 2.24) is 0 Å². The van der Waals surface area contributed by atoms with E-state index in [2.05, 4.69) is 20.8 Å². The first-order valence-electron chi connectivity index (χ1n) is 18.6. The Kier molecular flexibility index (Phi) is 9.50. The van der Waals surface area contributed by atoms with Crippen molar-refractivity contribution in [2.24, 2.45) is 56.7 Å². The maximum absolute atomic E-state index is 14.1. The Morgan fingerprint density at radius 1 is 0.898 bits per heavy atom. The summed E-state index contributed by atoms with van der Waals surface area (Å²) in [5.41, 5.74) is -4.03. The van der Waals surface area contributed by atoms with Crippen molar-refractivity contribution in [3.05, 3.63) is 0 Å². The fraction of sp³-hybridized carbons (Fsp3) is 0.973. The fourth-order valence-corrected chi connectivity index (χ4v) is 13.1. The Balaban J connectivity index is 1.26. The molecule has 5 saturated carbocycles. The van der Waals surface area contributed by atoms with E-state index in [4.69, 9.17) is 9.47 Å². The minimum Gasteiger partial charge on any atom is -0.432 e. The van der Waals surface area contributed by atoms with Crippen LogP contribution in [0.3, 0.4) is 0 Å². The van der Waals surface area contributed by atoms with Gasteiger partial charge in [-0.15, -0.1) is 0 Å². The summed E-state index contributed by atoms with van der Waals surface area (Å²) in [6.07, 6.45) is -5.28. The van der Waals surface area contributed by atoms with Gasteiger partial charge in [0.05, 0.1) is 42.5 Å². The molecule has 1 saturated heterocycles. The molecule has 0 aromatic carbocycles. The van der Waals surface area contributed by atoms with Gasteiger partial charge in [-0.2, -0.15) is 0 Å². The van der Waals surface area contributed by atoms with Gasteiger partial charge >= 0.3 is 5.97 Å². The Labute approximate surface area is 289 Å². The number of hydrogen-bond donors (Lipinski definition) is 9. The highest BCUT2D eigenvalue weighted by Crippen LogP contribution is 2.89. The number of esters is 1. The zero-order valence-electron chi connectivity index (χ0n) is 30.0. The summed E-state index contributed by atoms with van der Waals surface area (Å²) in [6, 6.07) is 0. The molecular weight excluding hydrogens is 636 g/mol. The smallest absolute Gasteiger partial charge is 0.317 e. The van der Waals surface area contributed by atoms with Crippen LogP contribution >= 0.6 is 0 Å². The third-order valence-electron chi connectivity index (χ3n) is 16.4. The van der Waals surface area contributed by atoms with Crippen molar-refractivity contribution in [3.63, 3.8) is 0 Å². The monoisotopic (exact) mass is 698 g/mol. The molecule has 0 aromatic rings. The number of ether oxygens (including phenoxy) is 2. The molecular formula is C37H62O12. The Bertz CT molecular complexity index is 1260. The van der Waals surface area contributed by atoms with Gasteiger partial charge < -0.3 is 55.4 Å². The molecule has 5 aliphatic carbocycles. The Hall–Kier alpha value is -0.930. The van der Waals surface area contributed by atoms with E-state index in [1.807, 2.05) is 13.8 Å². The molecule has 9 N–H and O–H groups in total. The van der Waals surface area contributed by atoms with Crippen molar-refractivity contribution in [1.29, 1.82) is 0 Å². The summed E-state index contributed by atoms with van der Waals surface area (Å²) in [4.78, 5) is 14.1. The molecule has 18 atom stereocenters. The molecule has 0 radical (unpaired) electrons. The van der Waals surface area contributed by atoms with Crippen LogP contribution in [-0.2, 0) is 14.3 Å². The van der Waals surface area contributed by atoms with Crippen LogP contribution < -0.4 is 0 Å². The van der Waals surface area contributed by atoms with Crippen LogP contribution in [0.25, 0.3) is 0 Å². The summed E-state index contributed by atoms with van der Waals surface area (Å²) in [5.74, 6) is -1.09. The van der Waals surface area contributed by atoms with Gasteiger partial charge in [0.15, 0.2) is 0 Å². The quantitative estimate of drug-likeness (QED) is 0.153. The molecule has 49 heavy (non-hydrogen) atoms. The zero-order valence-corrected chi connectivity index (χ0v) is 30.0. The maximum atomic E-state index is 14.1. The van der Waals surface area contributed by atoms with Crippen molar-refractivity contribution in [2.45, 2.75) is 154 Å². The zero-order chi connectivity index (χ0) is 36.3. The SMILES string of the molecule is CC(CCC(O)(CO)C(C)C)C1C(O)CC2(C)C3CCC4C(C)(C(=O)OC5OC(CO)C(O)C(O)C5O)C(O)CC(O)C45CC35CCC12C. The highest BCUT2D eigenvalue weighted by atomic mass is 16.7. The lowest BCUT2D eigenvalue weighted by Crippen LogP contribution is -2.65. The van der Waals surface area contributed by atoms with E-state index in [9.17, 15) is 50.8 Å². The second kappa shape index (κ2) is 12.3. The van der Waals surface area contributed by atoms with Crippen LogP contribution in [0.5, 0.6) is 0 Å². The highest BCUT2D eigenvalue weighted by molar-refractivity contribution is 5.78. The molecule has 1 aliphatic heterocycles. The van der Waals surface area contributed by atoms with Gasteiger partial charge in [-0.25, -0.2) is 0 Å². The molecule has 18 unspecified atom stereocenters. The third kappa shape index (κ3) is 4.94. The molecule has 6 rings (SSSR count). The number of aliphatic hydroxyl groups is 9. The largest absolute Gasteiger partial charge is 0.432 e. The summed E-state index contributed by atoms with van der Waals surface area (Å²) in [7, 11) is 0. The predicted molar refractivity (Wildman–Crippen MR) is 175 cm³/mol. The molecule has 12 heteroatoms. The Morgan fingerprint density at radius 3 is 2.16 bits per heavy atom. The van der Waals surface area contributed by atoms with Crippen LogP contribution in [0.4, 0.5) is 0 Å². The van der Waals surface area contributed by atoms with E-state index >= 15 is 0 Å². The van der Waals surface area contributed by atoms with Gasteiger partial charge in [-0.1, -0.05) is 34.6 Å². The van der Waals surface area contributed by atoms with E-state index in [0.717, 1.165) is 19.3 Å². The minimum absolute atomic E-state index is 0.00531. The van der Waals surface area contributed by atoms with Crippen molar-refractivity contribution < 1.29 is 60.2 Å². The average molecular weight is 699 g/mol. The summed E-state index contributed by atoms with van der Waals surface area (Å²) in [6.45, 7) is 11.3. The molecule has 6 aliphatic rings. The lowest BCUT2D eigenvalue weighted by atomic mass is 9.41.